The predicted octanol–water partition coefficient (Wildman–Crippen LogP) is 3.19. The van der Waals surface area contributed by atoms with Crippen LogP contribution in [0.2, 0.25) is 0 Å². The number of benzene rings is 1. The van der Waals surface area contributed by atoms with Crippen molar-refractivity contribution in [3.63, 3.8) is 0 Å². The minimum absolute atomic E-state index is 0.0512. The van der Waals surface area contributed by atoms with Gasteiger partial charge in [-0.1, -0.05) is 6.07 Å². The number of halogens is 1. The van der Waals surface area contributed by atoms with Crippen LogP contribution in [0.3, 0.4) is 0 Å². The summed E-state index contributed by atoms with van der Waals surface area (Å²) in [4.78, 5) is 26.1. The molecule has 0 saturated heterocycles. The Morgan fingerprint density at radius 1 is 1.30 bits per heavy atom. The lowest BCUT2D eigenvalue weighted by molar-refractivity contribution is 0.0690. The van der Waals surface area contributed by atoms with Crippen LogP contribution in [0.25, 0.3) is 0 Å². The lowest BCUT2D eigenvalue weighted by atomic mass is 10.1. The molecule has 20 heavy (non-hydrogen) atoms. The fourth-order valence-electron chi connectivity index (χ4n) is 2.06. The smallest absolute Gasteiger partial charge is 0.352 e. The summed E-state index contributed by atoms with van der Waals surface area (Å²) in [6.45, 7) is 3.31. The zero-order chi connectivity index (χ0) is 14.9. The topological polar surface area (TPSA) is 82.2 Å². The lowest BCUT2D eigenvalue weighted by Gasteiger charge is -2.06. The number of aromatic carboxylic acids is 1. The molecule has 0 aliphatic heterocycles. The van der Waals surface area contributed by atoms with E-state index in [-0.39, 0.29) is 11.6 Å². The number of aromatic amines is 1. The van der Waals surface area contributed by atoms with Crippen LogP contribution in [0, 0.1) is 17.4 Å². The van der Waals surface area contributed by atoms with Crippen molar-refractivity contribution in [2.75, 3.05) is 5.32 Å². The van der Waals surface area contributed by atoms with Gasteiger partial charge >= 0.3 is 5.97 Å². The molecule has 5 nitrogen and oxygen atoms in total. The van der Waals surface area contributed by atoms with E-state index in [9.17, 15) is 9.59 Å². The third-order valence-electron chi connectivity index (χ3n) is 2.96. The number of carboxylic acids is 1. The van der Waals surface area contributed by atoms with Gasteiger partial charge in [0.15, 0.2) is 0 Å². The minimum atomic E-state index is -1.07. The summed E-state index contributed by atoms with van der Waals surface area (Å²) in [6.07, 6.45) is 0. The second kappa shape index (κ2) is 5.66. The molecule has 1 amide bonds. The number of rotatable bonds is 3. The van der Waals surface area contributed by atoms with Crippen LogP contribution in [-0.4, -0.2) is 22.0 Å². The Kier molecular flexibility index (Phi) is 4.12. The molecule has 0 fully saturated rings. The molecule has 1 aromatic carbocycles. The summed E-state index contributed by atoms with van der Waals surface area (Å²) >= 11 is 2.16. The number of hydrogen-bond donors (Lipinski definition) is 3. The molecule has 0 aliphatic rings. The van der Waals surface area contributed by atoms with Gasteiger partial charge in [-0.3, -0.25) is 4.79 Å². The van der Waals surface area contributed by atoms with E-state index >= 15 is 0 Å². The maximum atomic E-state index is 12.3. The highest BCUT2D eigenvalue weighted by Gasteiger charge is 2.21. The fraction of sp³-hybridized carbons (Fsp3) is 0.143. The van der Waals surface area contributed by atoms with Gasteiger partial charge < -0.3 is 15.4 Å². The molecule has 2 aromatic rings. The van der Waals surface area contributed by atoms with Crippen molar-refractivity contribution in [2.45, 2.75) is 13.8 Å². The molecular formula is C14H13IN2O3. The number of nitrogens with one attached hydrogen (secondary N) is 2. The van der Waals surface area contributed by atoms with Crippen LogP contribution in [0.4, 0.5) is 5.69 Å². The van der Waals surface area contributed by atoms with Gasteiger partial charge in [0.1, 0.15) is 5.69 Å². The summed E-state index contributed by atoms with van der Waals surface area (Å²) in [5.41, 5.74) is 2.09. The zero-order valence-corrected chi connectivity index (χ0v) is 13.1. The van der Waals surface area contributed by atoms with Crippen molar-refractivity contribution in [1.82, 2.24) is 4.98 Å². The number of anilines is 1. The van der Waals surface area contributed by atoms with E-state index in [1.165, 1.54) is 0 Å². The summed E-state index contributed by atoms with van der Waals surface area (Å²) in [6, 6.07) is 7.39. The van der Waals surface area contributed by atoms with Crippen molar-refractivity contribution in [3.8, 4) is 0 Å². The number of aryl methyl sites for hydroxylation is 1. The molecule has 1 aromatic heterocycles. The first kappa shape index (κ1) is 14.6. The van der Waals surface area contributed by atoms with E-state index in [0.717, 1.165) is 3.57 Å². The van der Waals surface area contributed by atoms with Crippen LogP contribution in [-0.2, 0) is 0 Å². The Balaban J connectivity index is 2.32. The third-order valence-corrected chi connectivity index (χ3v) is 3.63. The number of H-pyrrole nitrogens is 1. The van der Waals surface area contributed by atoms with E-state index in [2.05, 4.69) is 32.9 Å². The van der Waals surface area contributed by atoms with E-state index < -0.39 is 5.97 Å². The van der Waals surface area contributed by atoms with Crippen LogP contribution in [0.1, 0.15) is 32.1 Å². The lowest BCUT2D eigenvalue weighted by Crippen LogP contribution is -2.14. The van der Waals surface area contributed by atoms with Crippen LogP contribution in [0.5, 0.6) is 0 Å². The Morgan fingerprint density at radius 2 is 2.00 bits per heavy atom. The Bertz CT molecular complexity index is 692. The van der Waals surface area contributed by atoms with Gasteiger partial charge in [-0.25, -0.2) is 4.79 Å². The average molecular weight is 384 g/mol. The number of amides is 1. The van der Waals surface area contributed by atoms with Crippen molar-refractivity contribution < 1.29 is 14.7 Å². The molecule has 0 bridgehead atoms. The maximum Gasteiger partial charge on any atom is 0.352 e. The quantitative estimate of drug-likeness (QED) is 0.711. The third kappa shape index (κ3) is 2.84. The first-order chi connectivity index (χ1) is 9.40. The molecule has 0 unspecified atom stereocenters. The van der Waals surface area contributed by atoms with E-state index in [0.29, 0.717) is 22.5 Å². The second-order valence-corrected chi connectivity index (χ2v) is 5.64. The van der Waals surface area contributed by atoms with E-state index in [4.69, 9.17) is 5.11 Å². The van der Waals surface area contributed by atoms with Crippen molar-refractivity contribution in [3.05, 3.63) is 50.4 Å². The van der Waals surface area contributed by atoms with E-state index in [1.54, 1.807) is 19.9 Å². The molecular weight excluding hydrogens is 371 g/mol. The van der Waals surface area contributed by atoms with Crippen molar-refractivity contribution in [2.24, 2.45) is 0 Å². The molecule has 1 heterocycles. The predicted molar refractivity (Wildman–Crippen MR) is 84.3 cm³/mol. The fourth-order valence-corrected chi connectivity index (χ4v) is 2.61. The molecule has 0 spiro atoms. The van der Waals surface area contributed by atoms with Gasteiger partial charge in [-0.2, -0.15) is 0 Å². The van der Waals surface area contributed by atoms with Crippen molar-refractivity contribution in [1.29, 1.82) is 0 Å². The number of aromatic nitrogens is 1. The van der Waals surface area contributed by atoms with Gasteiger partial charge in [0.25, 0.3) is 5.91 Å². The summed E-state index contributed by atoms with van der Waals surface area (Å²) in [5.74, 6) is -1.38. The van der Waals surface area contributed by atoms with Gasteiger partial charge in [0.05, 0.1) is 5.56 Å². The Labute approximate surface area is 129 Å². The molecule has 6 heteroatoms. The summed E-state index contributed by atoms with van der Waals surface area (Å²) in [7, 11) is 0. The molecule has 2 rings (SSSR count). The standard InChI is InChI=1S/C14H13IN2O3/c1-7-11(8(2)16-12(7)14(19)20)13(18)17-10-5-3-4-9(15)6-10/h3-6,16H,1-2H3,(H,17,18)(H,19,20). The van der Waals surface area contributed by atoms with Gasteiger partial charge in [0, 0.05) is 15.0 Å². The monoisotopic (exact) mass is 384 g/mol. The largest absolute Gasteiger partial charge is 0.477 e. The highest BCUT2D eigenvalue weighted by Crippen LogP contribution is 2.20. The SMILES string of the molecule is Cc1[nH]c(C(=O)O)c(C)c1C(=O)Nc1cccc(I)c1. The first-order valence-electron chi connectivity index (χ1n) is 5.89. The average Bonchev–Trinajstić information content (AvgIpc) is 2.65. The first-order valence-corrected chi connectivity index (χ1v) is 6.97. The van der Waals surface area contributed by atoms with Crippen LogP contribution >= 0.6 is 22.6 Å². The molecule has 0 saturated carbocycles. The number of hydrogen-bond acceptors (Lipinski definition) is 2. The molecule has 104 valence electrons. The minimum Gasteiger partial charge on any atom is -0.477 e. The van der Waals surface area contributed by atoms with Gasteiger partial charge in [0.2, 0.25) is 0 Å². The Hall–Kier alpha value is -1.83. The zero-order valence-electron chi connectivity index (χ0n) is 11.0. The Morgan fingerprint density at radius 3 is 2.55 bits per heavy atom. The number of carboxylic acid groups (broad SMARTS) is 1. The van der Waals surface area contributed by atoms with Crippen LogP contribution < -0.4 is 5.32 Å². The van der Waals surface area contributed by atoms with Crippen LogP contribution in [0.15, 0.2) is 24.3 Å². The van der Waals surface area contributed by atoms with Gasteiger partial charge in [-0.05, 0) is 60.2 Å². The number of carbonyl (C=O) groups is 2. The summed E-state index contributed by atoms with van der Waals surface area (Å²) in [5, 5.41) is 11.8. The normalized spacial score (nSPS) is 10.3. The molecule has 0 atom stereocenters. The number of carbonyl (C=O) groups excluding carboxylic acids is 1. The highest BCUT2D eigenvalue weighted by molar-refractivity contribution is 14.1. The maximum absolute atomic E-state index is 12.3. The van der Waals surface area contributed by atoms with Crippen molar-refractivity contribution >= 4 is 40.2 Å². The second-order valence-electron chi connectivity index (χ2n) is 4.39. The highest BCUT2D eigenvalue weighted by atomic mass is 127. The molecule has 0 radical (unpaired) electrons. The van der Waals surface area contributed by atoms with E-state index in [1.807, 2.05) is 18.2 Å². The molecule has 3 N–H and O–H groups in total. The molecule has 0 aliphatic carbocycles. The van der Waals surface area contributed by atoms with Gasteiger partial charge in [-0.15, -0.1) is 0 Å². The summed E-state index contributed by atoms with van der Waals surface area (Å²) < 4.78 is 1.01.